The van der Waals surface area contributed by atoms with Crippen molar-refractivity contribution >= 4 is 39.1 Å². The van der Waals surface area contributed by atoms with Crippen LogP contribution in [0.25, 0.3) is 0 Å². The lowest BCUT2D eigenvalue weighted by Crippen LogP contribution is -2.44. The molecule has 3 atom stereocenters. The van der Waals surface area contributed by atoms with Gasteiger partial charge >= 0.3 is 0 Å². The standard InChI is InChI=1S/C24H27BrN2O5/c1-15(6-3-4-11-28)24(32)20-13-18(25)9-10-21(20)27(23(24)31)14-17-7-5-8-19(12-17)26-22(30)16(2)29/h3,5-10,12-13,15-16,28-29,32H,4,11,14H2,1-2H3,(H,26,30)/b6-3+/t15-,16-,24+/m0/s1. The molecule has 2 aromatic rings. The molecule has 0 saturated heterocycles. The molecule has 2 aromatic carbocycles. The molecule has 1 aliphatic rings. The number of aliphatic hydroxyl groups is 3. The molecule has 0 unspecified atom stereocenters. The third-order valence-electron chi connectivity index (χ3n) is 5.53. The van der Waals surface area contributed by atoms with Crippen molar-refractivity contribution in [3.05, 3.63) is 70.2 Å². The summed E-state index contributed by atoms with van der Waals surface area (Å²) in [6, 6.07) is 12.4. The second-order valence-electron chi connectivity index (χ2n) is 7.91. The summed E-state index contributed by atoms with van der Waals surface area (Å²) < 4.78 is 0.749. The molecule has 8 heteroatoms. The largest absolute Gasteiger partial charge is 0.396 e. The summed E-state index contributed by atoms with van der Waals surface area (Å²) in [6.07, 6.45) is 2.80. The van der Waals surface area contributed by atoms with Gasteiger partial charge in [0.25, 0.3) is 11.8 Å². The van der Waals surface area contributed by atoms with Gasteiger partial charge in [-0.15, -0.1) is 0 Å². The first-order valence-corrected chi connectivity index (χ1v) is 11.2. The van der Waals surface area contributed by atoms with Gasteiger partial charge in [-0.2, -0.15) is 0 Å². The number of hydrogen-bond donors (Lipinski definition) is 4. The SMILES string of the molecule is C[C@H](O)C(=O)Nc1cccc(CN2C(=O)[C@@](O)([C@@H](C)/C=C/CCO)c3cc(Br)ccc32)c1. The van der Waals surface area contributed by atoms with Crippen molar-refractivity contribution in [3.63, 3.8) is 0 Å². The highest BCUT2D eigenvalue weighted by Gasteiger charge is 2.52. The lowest BCUT2D eigenvalue weighted by atomic mass is 9.83. The van der Waals surface area contributed by atoms with Crippen molar-refractivity contribution in [1.29, 1.82) is 0 Å². The number of amides is 2. The van der Waals surface area contributed by atoms with Gasteiger partial charge in [0.15, 0.2) is 5.60 Å². The molecule has 0 aromatic heterocycles. The maximum Gasteiger partial charge on any atom is 0.264 e. The van der Waals surface area contributed by atoms with Crippen LogP contribution in [0.15, 0.2) is 59.1 Å². The molecule has 0 fully saturated rings. The zero-order valence-corrected chi connectivity index (χ0v) is 19.5. The Bertz CT molecular complexity index is 1040. The van der Waals surface area contributed by atoms with Crippen molar-refractivity contribution in [3.8, 4) is 0 Å². The van der Waals surface area contributed by atoms with Crippen LogP contribution in [0.2, 0.25) is 0 Å². The van der Waals surface area contributed by atoms with Crippen LogP contribution in [0.5, 0.6) is 0 Å². The number of anilines is 2. The van der Waals surface area contributed by atoms with Gasteiger partial charge in [0.2, 0.25) is 0 Å². The molecular formula is C24H27BrN2O5. The highest BCUT2D eigenvalue weighted by atomic mass is 79.9. The van der Waals surface area contributed by atoms with Crippen molar-refractivity contribution in [1.82, 2.24) is 0 Å². The molecule has 0 spiro atoms. The van der Waals surface area contributed by atoms with E-state index in [9.17, 15) is 19.8 Å². The quantitative estimate of drug-likeness (QED) is 0.414. The third kappa shape index (κ3) is 4.78. The summed E-state index contributed by atoms with van der Waals surface area (Å²) >= 11 is 3.43. The minimum absolute atomic E-state index is 0.00814. The van der Waals surface area contributed by atoms with Crippen molar-refractivity contribution < 1.29 is 24.9 Å². The number of carbonyl (C=O) groups is 2. The average molecular weight is 503 g/mol. The first-order valence-electron chi connectivity index (χ1n) is 10.4. The van der Waals surface area contributed by atoms with Gasteiger partial charge in [-0.3, -0.25) is 9.59 Å². The van der Waals surface area contributed by atoms with Crippen LogP contribution in [0, 0.1) is 5.92 Å². The van der Waals surface area contributed by atoms with E-state index in [4.69, 9.17) is 5.11 Å². The molecular weight excluding hydrogens is 476 g/mol. The Morgan fingerprint density at radius 2 is 2.00 bits per heavy atom. The highest BCUT2D eigenvalue weighted by molar-refractivity contribution is 9.10. The molecule has 1 aliphatic heterocycles. The van der Waals surface area contributed by atoms with E-state index < -0.39 is 29.4 Å². The van der Waals surface area contributed by atoms with Gasteiger partial charge in [-0.1, -0.05) is 47.1 Å². The molecule has 0 radical (unpaired) electrons. The Balaban J connectivity index is 1.94. The maximum absolute atomic E-state index is 13.5. The Morgan fingerprint density at radius 1 is 1.25 bits per heavy atom. The number of hydrogen-bond acceptors (Lipinski definition) is 5. The zero-order valence-electron chi connectivity index (χ0n) is 18.0. The van der Waals surface area contributed by atoms with Gasteiger partial charge in [-0.05, 0) is 49.2 Å². The number of fused-ring (bicyclic) bond motifs is 1. The van der Waals surface area contributed by atoms with Gasteiger partial charge in [0.1, 0.15) is 6.10 Å². The molecule has 2 amide bonds. The summed E-state index contributed by atoms with van der Waals surface area (Å²) in [5, 5.41) is 32.7. The molecule has 0 aliphatic carbocycles. The van der Waals surface area contributed by atoms with E-state index in [1.165, 1.54) is 11.8 Å². The number of benzene rings is 2. The first-order chi connectivity index (χ1) is 15.2. The first kappa shape index (κ1) is 24.1. The fraction of sp³-hybridized carbons (Fsp3) is 0.333. The lowest BCUT2D eigenvalue weighted by Gasteiger charge is -2.27. The zero-order chi connectivity index (χ0) is 23.5. The molecule has 4 N–H and O–H groups in total. The number of carbonyl (C=O) groups excluding carboxylic acids is 2. The van der Waals surface area contributed by atoms with Gasteiger partial charge in [0, 0.05) is 28.2 Å². The third-order valence-corrected chi connectivity index (χ3v) is 6.02. The van der Waals surface area contributed by atoms with Crippen LogP contribution < -0.4 is 10.2 Å². The van der Waals surface area contributed by atoms with Gasteiger partial charge < -0.3 is 25.5 Å². The van der Waals surface area contributed by atoms with Crippen molar-refractivity contribution in [2.75, 3.05) is 16.8 Å². The van der Waals surface area contributed by atoms with E-state index in [2.05, 4.69) is 21.2 Å². The normalized spacial score (nSPS) is 19.8. The Kier molecular flexibility index (Phi) is 7.51. The fourth-order valence-electron chi connectivity index (χ4n) is 3.77. The van der Waals surface area contributed by atoms with E-state index in [1.54, 1.807) is 49.4 Å². The number of aliphatic hydroxyl groups excluding tert-OH is 2. The summed E-state index contributed by atoms with van der Waals surface area (Å²) in [5.41, 5.74) is 0.636. The predicted molar refractivity (Wildman–Crippen MR) is 126 cm³/mol. The molecule has 32 heavy (non-hydrogen) atoms. The van der Waals surface area contributed by atoms with Gasteiger partial charge in [-0.25, -0.2) is 0 Å². The predicted octanol–water partition coefficient (Wildman–Crippen LogP) is 3.08. The van der Waals surface area contributed by atoms with E-state index in [-0.39, 0.29) is 13.2 Å². The van der Waals surface area contributed by atoms with Crippen LogP contribution in [0.3, 0.4) is 0 Å². The van der Waals surface area contributed by atoms with E-state index >= 15 is 0 Å². The summed E-state index contributed by atoms with van der Waals surface area (Å²) in [5.74, 6) is -1.48. The minimum Gasteiger partial charge on any atom is -0.396 e. The Labute approximate surface area is 195 Å². The smallest absolute Gasteiger partial charge is 0.264 e. The van der Waals surface area contributed by atoms with Crippen LogP contribution in [-0.2, 0) is 21.7 Å². The van der Waals surface area contributed by atoms with Crippen LogP contribution >= 0.6 is 15.9 Å². The molecule has 1 heterocycles. The highest BCUT2D eigenvalue weighted by Crippen LogP contribution is 2.46. The van der Waals surface area contributed by atoms with E-state index in [0.717, 1.165) is 10.0 Å². The Hall–Kier alpha value is -2.52. The van der Waals surface area contributed by atoms with Crippen molar-refractivity contribution in [2.45, 2.75) is 38.5 Å². The lowest BCUT2D eigenvalue weighted by molar-refractivity contribution is -0.139. The van der Waals surface area contributed by atoms with Crippen molar-refractivity contribution in [2.24, 2.45) is 5.92 Å². The number of nitrogens with one attached hydrogen (secondary N) is 1. The maximum atomic E-state index is 13.5. The topological polar surface area (TPSA) is 110 Å². The monoisotopic (exact) mass is 502 g/mol. The number of halogens is 1. The molecule has 170 valence electrons. The molecule has 3 rings (SSSR count). The fourth-order valence-corrected chi connectivity index (χ4v) is 4.13. The molecule has 7 nitrogen and oxygen atoms in total. The van der Waals surface area contributed by atoms with E-state index in [0.29, 0.717) is 23.4 Å². The van der Waals surface area contributed by atoms with Gasteiger partial charge in [0.05, 0.1) is 12.2 Å². The van der Waals surface area contributed by atoms with E-state index in [1.807, 2.05) is 12.1 Å². The second kappa shape index (κ2) is 9.95. The van der Waals surface area contributed by atoms with Crippen LogP contribution in [0.4, 0.5) is 11.4 Å². The molecule has 0 bridgehead atoms. The summed E-state index contributed by atoms with van der Waals surface area (Å²) in [6.45, 7) is 3.34. The van der Waals surface area contributed by atoms with Crippen LogP contribution in [-0.4, -0.2) is 39.8 Å². The van der Waals surface area contributed by atoms with Crippen LogP contribution in [0.1, 0.15) is 31.4 Å². The summed E-state index contributed by atoms with van der Waals surface area (Å²) in [7, 11) is 0. The number of nitrogens with zero attached hydrogens (tertiary/aromatic N) is 1. The summed E-state index contributed by atoms with van der Waals surface area (Å²) in [4.78, 5) is 26.8. The minimum atomic E-state index is -1.75. The number of rotatable bonds is 8. The Morgan fingerprint density at radius 3 is 2.69 bits per heavy atom. The average Bonchev–Trinajstić information content (AvgIpc) is 2.96. The molecule has 0 saturated carbocycles. The second-order valence-corrected chi connectivity index (χ2v) is 8.83.